The number of aryl methyl sites for hydroxylation is 2. The molecule has 0 saturated heterocycles. The summed E-state index contributed by atoms with van der Waals surface area (Å²) in [4.78, 5) is 26.5. The molecule has 0 radical (unpaired) electrons. The maximum atomic E-state index is 12.6. The van der Waals surface area contributed by atoms with Crippen LogP contribution in [0.5, 0.6) is 11.5 Å². The van der Waals surface area contributed by atoms with Gasteiger partial charge in [-0.1, -0.05) is 26.0 Å². The molecule has 0 spiro atoms. The zero-order valence-electron chi connectivity index (χ0n) is 17.2. The fraction of sp³-hybridized carbons (Fsp3) is 0.391. The number of anilines is 1. The van der Waals surface area contributed by atoms with Crippen LogP contribution in [0.1, 0.15) is 47.3 Å². The molecule has 148 valence electrons. The van der Waals surface area contributed by atoms with Gasteiger partial charge in [0.1, 0.15) is 0 Å². The number of rotatable bonds is 7. The first kappa shape index (κ1) is 19.9. The molecule has 1 amide bonds. The fourth-order valence-electron chi connectivity index (χ4n) is 3.50. The van der Waals surface area contributed by atoms with Gasteiger partial charge in [-0.3, -0.25) is 9.59 Å². The van der Waals surface area contributed by atoms with Gasteiger partial charge in [-0.15, -0.1) is 0 Å². The molecule has 0 unspecified atom stereocenters. The van der Waals surface area contributed by atoms with Crippen LogP contribution in [0.3, 0.4) is 0 Å². The predicted octanol–water partition coefficient (Wildman–Crippen LogP) is 4.47. The Kier molecular flexibility index (Phi) is 5.73. The van der Waals surface area contributed by atoms with E-state index in [1.54, 1.807) is 18.1 Å². The average Bonchev–Trinajstić information content (AvgIpc) is 2.87. The third-order valence-corrected chi connectivity index (χ3v) is 4.92. The second kappa shape index (κ2) is 8.05. The fourth-order valence-corrected chi connectivity index (χ4v) is 3.50. The van der Waals surface area contributed by atoms with Crippen LogP contribution in [0.15, 0.2) is 30.3 Å². The van der Waals surface area contributed by atoms with E-state index >= 15 is 0 Å². The van der Waals surface area contributed by atoms with Gasteiger partial charge >= 0.3 is 0 Å². The molecule has 0 fully saturated rings. The van der Waals surface area contributed by atoms with Crippen molar-refractivity contribution >= 4 is 17.4 Å². The number of benzene rings is 2. The van der Waals surface area contributed by atoms with E-state index in [2.05, 4.69) is 13.8 Å². The highest BCUT2D eigenvalue weighted by molar-refractivity contribution is 6.52. The number of carbonyl (C=O) groups is 2. The van der Waals surface area contributed by atoms with E-state index in [4.69, 9.17) is 9.47 Å². The molecule has 5 nitrogen and oxygen atoms in total. The summed E-state index contributed by atoms with van der Waals surface area (Å²) in [6.07, 6.45) is 0.963. The SMILES string of the molecule is COc1cc(CN2C(=O)C(=O)c3cc(C)cc(C)c32)ccc1OCCC(C)C. The Morgan fingerprint density at radius 3 is 2.46 bits per heavy atom. The van der Waals surface area contributed by atoms with Crippen molar-refractivity contribution in [1.82, 2.24) is 0 Å². The Morgan fingerprint density at radius 1 is 1.04 bits per heavy atom. The van der Waals surface area contributed by atoms with Crippen molar-refractivity contribution in [3.8, 4) is 11.5 Å². The first-order valence-electron chi connectivity index (χ1n) is 9.59. The van der Waals surface area contributed by atoms with Gasteiger partial charge in [-0.05, 0) is 61.1 Å². The van der Waals surface area contributed by atoms with Crippen molar-refractivity contribution in [1.29, 1.82) is 0 Å². The Bertz CT molecular complexity index is 917. The number of ketones is 1. The molecule has 0 saturated carbocycles. The number of hydrogen-bond donors (Lipinski definition) is 0. The van der Waals surface area contributed by atoms with Crippen LogP contribution in [-0.4, -0.2) is 25.4 Å². The number of ether oxygens (including phenoxy) is 2. The third kappa shape index (κ3) is 3.88. The molecule has 2 aromatic carbocycles. The van der Waals surface area contributed by atoms with Gasteiger partial charge in [0.15, 0.2) is 11.5 Å². The molecule has 1 aliphatic heterocycles. The van der Waals surface area contributed by atoms with E-state index in [0.29, 0.717) is 41.8 Å². The smallest absolute Gasteiger partial charge is 0.299 e. The second-order valence-corrected chi connectivity index (χ2v) is 7.71. The number of methoxy groups -OCH3 is 1. The molecule has 28 heavy (non-hydrogen) atoms. The summed E-state index contributed by atoms with van der Waals surface area (Å²) in [6, 6.07) is 9.41. The molecule has 5 heteroatoms. The summed E-state index contributed by atoms with van der Waals surface area (Å²) in [5.41, 5.74) is 3.97. The highest BCUT2D eigenvalue weighted by atomic mass is 16.5. The molecule has 3 rings (SSSR count). The number of fused-ring (bicyclic) bond motifs is 1. The second-order valence-electron chi connectivity index (χ2n) is 7.71. The predicted molar refractivity (Wildman–Crippen MR) is 109 cm³/mol. The highest BCUT2D eigenvalue weighted by Crippen LogP contribution is 2.36. The number of hydrogen-bond acceptors (Lipinski definition) is 4. The van der Waals surface area contributed by atoms with Gasteiger partial charge in [-0.25, -0.2) is 0 Å². The van der Waals surface area contributed by atoms with Gasteiger partial charge in [0, 0.05) is 0 Å². The molecule has 0 N–H and O–H groups in total. The molecule has 0 aliphatic carbocycles. The molecule has 2 aromatic rings. The van der Waals surface area contributed by atoms with Crippen molar-refractivity contribution < 1.29 is 19.1 Å². The number of carbonyl (C=O) groups excluding carboxylic acids is 2. The van der Waals surface area contributed by atoms with Crippen LogP contribution in [0, 0.1) is 19.8 Å². The van der Waals surface area contributed by atoms with Crippen molar-refractivity contribution in [2.24, 2.45) is 5.92 Å². The lowest BCUT2D eigenvalue weighted by atomic mass is 10.0. The summed E-state index contributed by atoms with van der Waals surface area (Å²) >= 11 is 0. The molecule has 1 aliphatic rings. The lowest BCUT2D eigenvalue weighted by Gasteiger charge is -2.20. The van der Waals surface area contributed by atoms with E-state index < -0.39 is 11.7 Å². The van der Waals surface area contributed by atoms with Gasteiger partial charge < -0.3 is 14.4 Å². The molecule has 0 bridgehead atoms. The Hall–Kier alpha value is -2.82. The highest BCUT2D eigenvalue weighted by Gasteiger charge is 2.37. The summed E-state index contributed by atoms with van der Waals surface area (Å²) in [5.74, 6) is 0.946. The van der Waals surface area contributed by atoms with E-state index in [9.17, 15) is 9.59 Å². The zero-order valence-corrected chi connectivity index (χ0v) is 17.2. The average molecular weight is 381 g/mol. The van der Waals surface area contributed by atoms with E-state index in [1.807, 2.05) is 38.1 Å². The summed E-state index contributed by atoms with van der Waals surface area (Å²) in [7, 11) is 1.60. The lowest BCUT2D eigenvalue weighted by molar-refractivity contribution is -0.114. The summed E-state index contributed by atoms with van der Waals surface area (Å²) in [5, 5.41) is 0. The first-order valence-corrected chi connectivity index (χ1v) is 9.59. The summed E-state index contributed by atoms with van der Waals surface area (Å²) in [6.45, 7) is 9.09. The maximum Gasteiger partial charge on any atom is 0.299 e. The Morgan fingerprint density at radius 2 is 1.79 bits per heavy atom. The van der Waals surface area contributed by atoms with E-state index in [0.717, 1.165) is 23.1 Å². The minimum absolute atomic E-state index is 0.310. The van der Waals surface area contributed by atoms with E-state index in [-0.39, 0.29) is 0 Å². The first-order chi connectivity index (χ1) is 13.3. The Labute approximate surface area is 166 Å². The molecular weight excluding hydrogens is 354 g/mol. The minimum atomic E-state index is -0.486. The number of nitrogens with zero attached hydrogens (tertiary/aromatic N) is 1. The normalized spacial score (nSPS) is 13.3. The van der Waals surface area contributed by atoms with Crippen molar-refractivity contribution in [3.63, 3.8) is 0 Å². The third-order valence-electron chi connectivity index (χ3n) is 4.92. The van der Waals surface area contributed by atoms with Gasteiger partial charge in [0.25, 0.3) is 11.7 Å². The van der Waals surface area contributed by atoms with Crippen LogP contribution in [-0.2, 0) is 11.3 Å². The van der Waals surface area contributed by atoms with Gasteiger partial charge in [0.05, 0.1) is 31.5 Å². The number of Topliss-reactive ketones (excluding diaryl/α,β-unsaturated/α-hetero) is 1. The van der Waals surface area contributed by atoms with Crippen LogP contribution < -0.4 is 14.4 Å². The van der Waals surface area contributed by atoms with Gasteiger partial charge in [0.2, 0.25) is 0 Å². The van der Waals surface area contributed by atoms with Crippen LogP contribution in [0.4, 0.5) is 5.69 Å². The van der Waals surface area contributed by atoms with Crippen LogP contribution >= 0.6 is 0 Å². The van der Waals surface area contributed by atoms with Crippen LogP contribution in [0.25, 0.3) is 0 Å². The molecular formula is C23H27NO4. The van der Waals surface area contributed by atoms with Crippen LogP contribution in [0.2, 0.25) is 0 Å². The monoisotopic (exact) mass is 381 g/mol. The van der Waals surface area contributed by atoms with Gasteiger partial charge in [-0.2, -0.15) is 0 Å². The minimum Gasteiger partial charge on any atom is -0.493 e. The largest absolute Gasteiger partial charge is 0.493 e. The molecule has 1 heterocycles. The number of amides is 1. The van der Waals surface area contributed by atoms with Crippen molar-refractivity contribution in [2.75, 3.05) is 18.6 Å². The molecule has 0 atom stereocenters. The quantitative estimate of drug-likeness (QED) is 0.664. The van der Waals surface area contributed by atoms with E-state index in [1.165, 1.54) is 0 Å². The standard InChI is InChI=1S/C23H27NO4/c1-14(2)8-9-28-19-7-6-17(12-20(19)27-5)13-24-21-16(4)10-15(3)11-18(21)22(25)23(24)26/h6-7,10-12,14H,8-9,13H2,1-5H3. The zero-order chi connectivity index (χ0) is 20.4. The van der Waals surface area contributed by atoms with Crippen molar-refractivity contribution in [3.05, 3.63) is 52.6 Å². The Balaban J connectivity index is 1.85. The summed E-state index contributed by atoms with van der Waals surface area (Å²) < 4.78 is 11.3. The van der Waals surface area contributed by atoms with Crippen molar-refractivity contribution in [2.45, 2.75) is 40.7 Å². The topological polar surface area (TPSA) is 55.8 Å². The molecule has 0 aromatic heterocycles. The maximum absolute atomic E-state index is 12.6. The lowest BCUT2D eigenvalue weighted by Crippen LogP contribution is -2.29.